The fourth-order valence-corrected chi connectivity index (χ4v) is 4.77. The smallest absolute Gasteiger partial charge is 0.276 e. The Balaban J connectivity index is 1.64. The highest BCUT2D eigenvalue weighted by molar-refractivity contribution is 7.87. The minimum atomic E-state index is -3.51. The second-order valence-corrected chi connectivity index (χ2v) is 9.86. The monoisotopic (exact) mass is 440 g/mol. The number of benzene rings is 1. The number of hydrogen-bond acceptors (Lipinski definition) is 5. The summed E-state index contributed by atoms with van der Waals surface area (Å²) >= 11 is 0. The van der Waals surface area contributed by atoms with Gasteiger partial charge in [-0.25, -0.2) is 4.72 Å². The van der Waals surface area contributed by atoms with Crippen LogP contribution in [0, 0.1) is 11.3 Å². The molecule has 0 unspecified atom stereocenters. The van der Waals surface area contributed by atoms with Gasteiger partial charge in [0.1, 0.15) is 12.4 Å². The van der Waals surface area contributed by atoms with Gasteiger partial charge in [0.05, 0.1) is 6.07 Å². The lowest BCUT2D eigenvalue weighted by atomic mass is 9.70. The van der Waals surface area contributed by atoms with E-state index in [1.54, 1.807) is 12.1 Å². The molecule has 0 aliphatic heterocycles. The average Bonchev–Trinajstić information content (AvgIpc) is 3.15. The van der Waals surface area contributed by atoms with Gasteiger partial charge in [0, 0.05) is 47.1 Å². The van der Waals surface area contributed by atoms with Crippen LogP contribution in [-0.4, -0.2) is 39.4 Å². The van der Waals surface area contributed by atoms with Crippen molar-refractivity contribution in [1.82, 2.24) is 14.4 Å². The number of nitriles is 1. The molecule has 2 aliphatic rings. The number of ketones is 1. The molecule has 0 fully saturated rings. The first-order valence-corrected chi connectivity index (χ1v) is 11.5. The lowest BCUT2D eigenvalue weighted by molar-refractivity contribution is 0.103. The molecular formula is C22H24N4O4S. The summed E-state index contributed by atoms with van der Waals surface area (Å²) < 4.78 is 33.1. The van der Waals surface area contributed by atoms with Crippen molar-refractivity contribution in [2.45, 2.75) is 32.1 Å². The molecule has 0 bridgehead atoms. The predicted molar refractivity (Wildman–Crippen MR) is 116 cm³/mol. The molecule has 2 aliphatic carbocycles. The zero-order chi connectivity index (χ0) is 22.4. The lowest BCUT2D eigenvalue weighted by Crippen LogP contribution is -2.36. The van der Waals surface area contributed by atoms with E-state index in [2.05, 4.69) is 34.3 Å². The summed E-state index contributed by atoms with van der Waals surface area (Å²) in [7, 11) is -2.18. The largest absolute Gasteiger partial charge is 0.492 e. The maximum atomic E-state index is 13.4. The van der Waals surface area contributed by atoms with E-state index in [9.17, 15) is 18.5 Å². The minimum Gasteiger partial charge on any atom is -0.492 e. The standard InChI is InChI=1S/C22H24N4O4S/c1-22(2)17-11-14(30-9-8-25-31(28,29)24-3)5-7-15(17)20(27)19-16-6-4-13(12-23)10-18(16)26-21(19)22/h5,7,10-11,24-26H,4,6,8-9H2,1-3H3. The molecule has 0 amide bonds. The lowest BCUT2D eigenvalue weighted by Gasteiger charge is -2.32. The van der Waals surface area contributed by atoms with E-state index in [0.717, 1.165) is 28.1 Å². The fraction of sp³-hybridized carbons (Fsp3) is 0.364. The van der Waals surface area contributed by atoms with Crippen LogP contribution < -0.4 is 14.2 Å². The third kappa shape index (κ3) is 3.67. The Bertz CT molecular complexity index is 1250. The number of allylic oxidation sites excluding steroid dienone is 1. The Hall–Kier alpha value is -2.93. The van der Waals surface area contributed by atoms with E-state index >= 15 is 0 Å². The quantitative estimate of drug-likeness (QED) is 0.594. The number of aromatic nitrogens is 1. The molecule has 0 spiro atoms. The van der Waals surface area contributed by atoms with E-state index in [1.165, 1.54) is 7.05 Å². The average molecular weight is 441 g/mol. The highest BCUT2D eigenvalue weighted by Crippen LogP contribution is 2.45. The molecule has 31 heavy (non-hydrogen) atoms. The van der Waals surface area contributed by atoms with Gasteiger partial charge in [0.15, 0.2) is 5.78 Å². The van der Waals surface area contributed by atoms with Gasteiger partial charge < -0.3 is 9.72 Å². The van der Waals surface area contributed by atoms with Crippen molar-refractivity contribution in [2.24, 2.45) is 0 Å². The third-order valence-corrected chi connectivity index (χ3v) is 7.06. The summed E-state index contributed by atoms with van der Waals surface area (Å²) in [5.74, 6) is 0.540. The Morgan fingerprint density at radius 2 is 2.06 bits per heavy atom. The number of carbonyl (C=O) groups excluding carboxylic acids is 1. The number of rotatable bonds is 6. The molecule has 1 aromatic carbocycles. The SMILES string of the molecule is CNS(=O)(=O)NCCOc1ccc2c(c1)C(C)(C)c1[nH]c3c(c1C2=O)CCC(C#N)=C3. The Labute approximate surface area is 181 Å². The van der Waals surface area contributed by atoms with Crippen molar-refractivity contribution in [2.75, 3.05) is 20.2 Å². The number of aromatic amines is 1. The van der Waals surface area contributed by atoms with E-state index in [-0.39, 0.29) is 18.9 Å². The van der Waals surface area contributed by atoms with E-state index in [4.69, 9.17) is 4.74 Å². The first-order valence-electron chi connectivity index (χ1n) is 10.0. The van der Waals surface area contributed by atoms with Gasteiger partial charge >= 0.3 is 0 Å². The van der Waals surface area contributed by atoms with Gasteiger partial charge in [-0.3, -0.25) is 4.79 Å². The zero-order valence-corrected chi connectivity index (χ0v) is 18.4. The predicted octanol–water partition coefficient (Wildman–Crippen LogP) is 2.17. The van der Waals surface area contributed by atoms with Crippen molar-refractivity contribution in [1.29, 1.82) is 5.26 Å². The summed E-state index contributed by atoms with van der Waals surface area (Å²) in [6.07, 6.45) is 3.14. The third-order valence-electron chi connectivity index (χ3n) is 5.94. The van der Waals surface area contributed by atoms with Gasteiger partial charge in [-0.2, -0.15) is 18.4 Å². The number of nitrogens with zero attached hydrogens (tertiary/aromatic N) is 1. The van der Waals surface area contributed by atoms with Crippen molar-refractivity contribution in [3.8, 4) is 11.8 Å². The number of fused-ring (bicyclic) bond motifs is 4. The molecule has 0 saturated carbocycles. The molecule has 1 aromatic heterocycles. The summed E-state index contributed by atoms with van der Waals surface area (Å²) in [6, 6.07) is 7.56. The number of hydrogen-bond donors (Lipinski definition) is 3. The molecule has 4 rings (SSSR count). The number of nitrogens with one attached hydrogen (secondary N) is 3. The van der Waals surface area contributed by atoms with Crippen molar-refractivity contribution in [3.05, 3.63) is 57.4 Å². The maximum absolute atomic E-state index is 13.4. The van der Waals surface area contributed by atoms with Crippen LogP contribution in [0.25, 0.3) is 6.08 Å². The topological polar surface area (TPSA) is 124 Å². The Kier molecular flexibility index (Phi) is 5.25. The van der Waals surface area contributed by atoms with Crippen molar-refractivity contribution in [3.63, 3.8) is 0 Å². The molecule has 9 heteroatoms. The fourth-order valence-electron chi connectivity index (χ4n) is 4.27. The van der Waals surface area contributed by atoms with Crippen molar-refractivity contribution < 1.29 is 17.9 Å². The molecule has 3 N–H and O–H groups in total. The van der Waals surface area contributed by atoms with Gasteiger partial charge in [-0.05, 0) is 48.2 Å². The molecule has 0 radical (unpaired) electrons. The van der Waals surface area contributed by atoms with Gasteiger partial charge in [-0.1, -0.05) is 13.8 Å². The van der Waals surface area contributed by atoms with Crippen LogP contribution in [0.5, 0.6) is 5.75 Å². The Morgan fingerprint density at radius 3 is 2.77 bits per heavy atom. The van der Waals surface area contributed by atoms with Crippen LogP contribution in [-0.2, 0) is 22.0 Å². The van der Waals surface area contributed by atoms with Crippen LogP contribution in [0.3, 0.4) is 0 Å². The van der Waals surface area contributed by atoms with E-state index < -0.39 is 15.6 Å². The summed E-state index contributed by atoms with van der Waals surface area (Å²) in [5.41, 5.74) is 5.12. The number of carbonyl (C=O) groups is 1. The molecule has 0 atom stereocenters. The van der Waals surface area contributed by atoms with Crippen LogP contribution >= 0.6 is 0 Å². The zero-order valence-electron chi connectivity index (χ0n) is 17.6. The Morgan fingerprint density at radius 1 is 1.29 bits per heavy atom. The van der Waals surface area contributed by atoms with Crippen LogP contribution in [0.1, 0.15) is 58.7 Å². The van der Waals surface area contributed by atoms with Crippen LogP contribution in [0.15, 0.2) is 23.8 Å². The molecule has 0 saturated heterocycles. The first-order chi connectivity index (χ1) is 14.7. The molecular weight excluding hydrogens is 416 g/mol. The molecule has 8 nitrogen and oxygen atoms in total. The van der Waals surface area contributed by atoms with Crippen LogP contribution in [0.4, 0.5) is 0 Å². The number of ether oxygens (including phenoxy) is 1. The van der Waals surface area contributed by atoms with E-state index in [1.807, 2.05) is 12.1 Å². The van der Waals surface area contributed by atoms with Gasteiger partial charge in [0.25, 0.3) is 10.2 Å². The second-order valence-electron chi connectivity index (χ2n) is 8.16. The maximum Gasteiger partial charge on any atom is 0.276 e. The summed E-state index contributed by atoms with van der Waals surface area (Å²) in [6.45, 7) is 4.37. The summed E-state index contributed by atoms with van der Waals surface area (Å²) in [5, 5.41) is 9.24. The van der Waals surface area contributed by atoms with Crippen molar-refractivity contribution >= 4 is 22.1 Å². The molecule has 162 valence electrons. The summed E-state index contributed by atoms with van der Waals surface area (Å²) in [4.78, 5) is 16.8. The molecule has 1 heterocycles. The normalized spacial score (nSPS) is 16.6. The second kappa shape index (κ2) is 7.64. The van der Waals surface area contributed by atoms with Gasteiger partial charge in [-0.15, -0.1) is 0 Å². The first kappa shape index (κ1) is 21.3. The van der Waals surface area contributed by atoms with Crippen LogP contribution in [0.2, 0.25) is 0 Å². The highest BCUT2D eigenvalue weighted by Gasteiger charge is 2.41. The van der Waals surface area contributed by atoms with E-state index in [0.29, 0.717) is 29.7 Å². The molecule has 2 aromatic rings. The van der Waals surface area contributed by atoms with Gasteiger partial charge in [0.2, 0.25) is 0 Å². The highest BCUT2D eigenvalue weighted by atomic mass is 32.2. The minimum absolute atomic E-state index is 0.0241. The number of H-pyrrole nitrogens is 1.